The zero-order chi connectivity index (χ0) is 10.1. The monoisotopic (exact) mass is 194 g/mol. The average Bonchev–Trinajstić information content (AvgIpc) is 2.59. The van der Waals surface area contributed by atoms with Gasteiger partial charge in [-0.2, -0.15) is 5.10 Å². The number of aromatic nitrogens is 2. The van der Waals surface area contributed by atoms with Crippen LogP contribution in [-0.2, 0) is 6.67 Å². The van der Waals surface area contributed by atoms with Gasteiger partial charge in [0.25, 0.3) is 0 Å². The van der Waals surface area contributed by atoms with Gasteiger partial charge in [-0.3, -0.25) is 5.10 Å². The van der Waals surface area contributed by atoms with Crippen molar-refractivity contribution in [1.29, 1.82) is 0 Å². The second-order valence-electron chi connectivity index (χ2n) is 2.89. The summed E-state index contributed by atoms with van der Waals surface area (Å²) in [4.78, 5) is 10.7. The summed E-state index contributed by atoms with van der Waals surface area (Å²) in [7, 11) is 0. The maximum absolute atomic E-state index is 12.3. The molecule has 0 aliphatic heterocycles. The van der Waals surface area contributed by atoms with Crippen LogP contribution in [0.1, 0.15) is 16.1 Å². The van der Waals surface area contributed by atoms with Crippen LogP contribution in [0.3, 0.4) is 0 Å². The minimum absolute atomic E-state index is 0.0738. The number of nitrogens with one attached hydrogen (secondary N) is 1. The number of benzene rings is 1. The minimum atomic E-state index is -1.12. The molecule has 0 radical (unpaired) electrons. The van der Waals surface area contributed by atoms with E-state index in [1.807, 2.05) is 0 Å². The van der Waals surface area contributed by atoms with Crippen molar-refractivity contribution in [3.8, 4) is 0 Å². The van der Waals surface area contributed by atoms with Crippen molar-refractivity contribution in [2.24, 2.45) is 0 Å². The molecule has 0 fully saturated rings. The second-order valence-corrected chi connectivity index (χ2v) is 2.89. The molecule has 1 aromatic heterocycles. The van der Waals surface area contributed by atoms with Crippen LogP contribution in [0.15, 0.2) is 18.2 Å². The lowest BCUT2D eigenvalue weighted by atomic mass is 10.1. The molecule has 1 heterocycles. The van der Waals surface area contributed by atoms with Gasteiger partial charge in [0.15, 0.2) is 5.69 Å². The smallest absolute Gasteiger partial charge is 0.357 e. The Morgan fingerprint density at radius 3 is 3.00 bits per heavy atom. The molecule has 1 aromatic carbocycles. The number of carboxylic acid groups (broad SMARTS) is 1. The fourth-order valence-corrected chi connectivity index (χ4v) is 1.31. The first kappa shape index (κ1) is 8.68. The molecular formula is C9H7FN2O2. The number of carboxylic acids is 1. The summed E-state index contributed by atoms with van der Waals surface area (Å²) >= 11 is 0. The Balaban J connectivity index is 2.69. The van der Waals surface area contributed by atoms with Crippen LogP contribution in [0.5, 0.6) is 0 Å². The molecule has 0 spiro atoms. The van der Waals surface area contributed by atoms with Crippen molar-refractivity contribution < 1.29 is 14.3 Å². The molecule has 14 heavy (non-hydrogen) atoms. The molecule has 0 bridgehead atoms. The third-order valence-corrected chi connectivity index (χ3v) is 1.98. The molecule has 0 amide bonds. The lowest BCUT2D eigenvalue weighted by molar-refractivity contribution is 0.0692. The number of halogens is 1. The van der Waals surface area contributed by atoms with E-state index < -0.39 is 12.6 Å². The molecule has 0 aliphatic carbocycles. The third-order valence-electron chi connectivity index (χ3n) is 1.98. The van der Waals surface area contributed by atoms with Crippen LogP contribution in [0.4, 0.5) is 4.39 Å². The van der Waals surface area contributed by atoms with E-state index in [1.165, 1.54) is 6.07 Å². The third kappa shape index (κ3) is 1.22. The Morgan fingerprint density at radius 2 is 2.36 bits per heavy atom. The van der Waals surface area contributed by atoms with E-state index in [9.17, 15) is 9.18 Å². The summed E-state index contributed by atoms with van der Waals surface area (Å²) in [5.74, 6) is -1.12. The zero-order valence-electron chi connectivity index (χ0n) is 7.12. The van der Waals surface area contributed by atoms with E-state index in [0.29, 0.717) is 16.5 Å². The molecule has 4 nitrogen and oxygen atoms in total. The number of hydrogen-bond donors (Lipinski definition) is 2. The van der Waals surface area contributed by atoms with Gasteiger partial charge in [-0.15, -0.1) is 0 Å². The molecule has 5 heteroatoms. The average molecular weight is 194 g/mol. The van der Waals surface area contributed by atoms with Crippen molar-refractivity contribution >= 4 is 16.9 Å². The van der Waals surface area contributed by atoms with Crippen molar-refractivity contribution in [2.45, 2.75) is 6.67 Å². The number of carbonyl (C=O) groups is 1. The highest BCUT2D eigenvalue weighted by molar-refractivity contribution is 6.01. The van der Waals surface area contributed by atoms with Crippen LogP contribution < -0.4 is 0 Å². The Labute approximate surface area is 78.4 Å². The Hall–Kier alpha value is -1.91. The summed E-state index contributed by atoms with van der Waals surface area (Å²) in [6.07, 6.45) is 0. The Bertz CT molecular complexity index is 493. The Morgan fingerprint density at radius 1 is 1.57 bits per heavy atom. The quantitative estimate of drug-likeness (QED) is 0.765. The van der Waals surface area contributed by atoms with Crippen molar-refractivity contribution in [3.63, 3.8) is 0 Å². The first-order valence-electron chi connectivity index (χ1n) is 3.98. The molecule has 0 atom stereocenters. The summed E-state index contributed by atoms with van der Waals surface area (Å²) in [6.45, 7) is -0.611. The highest BCUT2D eigenvalue weighted by Gasteiger charge is 2.12. The predicted octanol–water partition coefficient (Wildman–Crippen LogP) is 1.73. The number of hydrogen-bond acceptors (Lipinski definition) is 2. The molecule has 2 N–H and O–H groups in total. The fourth-order valence-electron chi connectivity index (χ4n) is 1.31. The SMILES string of the molecule is O=C(O)c1n[nH]c2ccc(CF)cc12. The largest absolute Gasteiger partial charge is 0.476 e. The van der Waals surface area contributed by atoms with Crippen LogP contribution >= 0.6 is 0 Å². The van der Waals surface area contributed by atoms with Gasteiger partial charge in [0.1, 0.15) is 6.67 Å². The van der Waals surface area contributed by atoms with E-state index in [-0.39, 0.29) is 5.69 Å². The van der Waals surface area contributed by atoms with E-state index in [0.717, 1.165) is 0 Å². The minimum Gasteiger partial charge on any atom is -0.476 e. The van der Waals surface area contributed by atoms with Crippen LogP contribution in [0.2, 0.25) is 0 Å². The van der Waals surface area contributed by atoms with Crippen molar-refractivity contribution in [2.75, 3.05) is 0 Å². The van der Waals surface area contributed by atoms with Crippen LogP contribution in [0.25, 0.3) is 10.9 Å². The van der Waals surface area contributed by atoms with Gasteiger partial charge in [-0.05, 0) is 17.7 Å². The number of aromatic carboxylic acids is 1. The number of fused-ring (bicyclic) bond motifs is 1. The standard InChI is InChI=1S/C9H7FN2O2/c10-4-5-1-2-7-6(3-5)8(9(13)14)12-11-7/h1-3H,4H2,(H,11,12)(H,13,14). The second kappa shape index (κ2) is 3.10. The summed E-state index contributed by atoms with van der Waals surface area (Å²) in [5.41, 5.74) is 0.969. The fraction of sp³-hybridized carbons (Fsp3) is 0.111. The Kier molecular flexibility index (Phi) is 1.92. The maximum atomic E-state index is 12.3. The first-order chi connectivity index (χ1) is 6.72. The number of H-pyrrole nitrogens is 1. The lowest BCUT2D eigenvalue weighted by Gasteiger charge is -1.94. The summed E-state index contributed by atoms with van der Waals surface area (Å²) in [5, 5.41) is 15.4. The molecule has 0 aliphatic rings. The van der Waals surface area contributed by atoms with Crippen molar-refractivity contribution in [1.82, 2.24) is 10.2 Å². The summed E-state index contributed by atoms with van der Waals surface area (Å²) < 4.78 is 12.3. The normalized spacial score (nSPS) is 10.6. The first-order valence-corrected chi connectivity index (χ1v) is 3.98. The van der Waals surface area contributed by atoms with Gasteiger partial charge in [0, 0.05) is 5.39 Å². The number of aromatic amines is 1. The van der Waals surface area contributed by atoms with Gasteiger partial charge >= 0.3 is 5.97 Å². The van der Waals surface area contributed by atoms with E-state index >= 15 is 0 Å². The van der Waals surface area contributed by atoms with Gasteiger partial charge in [0.05, 0.1) is 5.52 Å². The van der Waals surface area contributed by atoms with E-state index in [1.54, 1.807) is 12.1 Å². The van der Waals surface area contributed by atoms with Crippen LogP contribution in [-0.4, -0.2) is 21.3 Å². The molecule has 0 saturated carbocycles. The zero-order valence-corrected chi connectivity index (χ0v) is 7.12. The molecule has 2 aromatic rings. The number of alkyl halides is 1. The molecule has 0 unspecified atom stereocenters. The van der Waals surface area contributed by atoms with Gasteiger partial charge < -0.3 is 5.11 Å². The maximum Gasteiger partial charge on any atom is 0.357 e. The number of rotatable bonds is 2. The van der Waals surface area contributed by atoms with Crippen LogP contribution in [0, 0.1) is 0 Å². The predicted molar refractivity (Wildman–Crippen MR) is 47.9 cm³/mol. The molecular weight excluding hydrogens is 187 g/mol. The van der Waals surface area contributed by atoms with E-state index in [4.69, 9.17) is 5.11 Å². The highest BCUT2D eigenvalue weighted by Crippen LogP contribution is 2.18. The number of nitrogens with zero attached hydrogens (tertiary/aromatic N) is 1. The van der Waals surface area contributed by atoms with Crippen molar-refractivity contribution in [3.05, 3.63) is 29.5 Å². The topological polar surface area (TPSA) is 66.0 Å². The van der Waals surface area contributed by atoms with Gasteiger partial charge in [0.2, 0.25) is 0 Å². The van der Waals surface area contributed by atoms with Gasteiger partial charge in [-0.1, -0.05) is 6.07 Å². The lowest BCUT2D eigenvalue weighted by Crippen LogP contribution is -1.96. The molecule has 2 rings (SSSR count). The van der Waals surface area contributed by atoms with Gasteiger partial charge in [-0.25, -0.2) is 9.18 Å². The summed E-state index contributed by atoms with van der Waals surface area (Å²) in [6, 6.07) is 4.69. The molecule has 72 valence electrons. The molecule has 0 saturated heterocycles. The highest BCUT2D eigenvalue weighted by atomic mass is 19.1. The van der Waals surface area contributed by atoms with E-state index in [2.05, 4.69) is 10.2 Å².